The van der Waals surface area contributed by atoms with E-state index in [1.807, 2.05) is 6.92 Å². The number of aliphatic carboxylic acids is 1. The second kappa shape index (κ2) is 6.80. The molecule has 88 valence electrons. The fraction of sp³-hybridized carbons (Fsp3) is 0.909. The van der Waals surface area contributed by atoms with E-state index in [0.29, 0.717) is 13.0 Å². The molecule has 1 fully saturated rings. The molecule has 4 heteroatoms. The molecule has 0 spiro atoms. The predicted molar refractivity (Wildman–Crippen MR) is 58.0 cm³/mol. The molecule has 0 aromatic heterocycles. The van der Waals surface area contributed by atoms with Gasteiger partial charge in [0.1, 0.15) is 0 Å². The van der Waals surface area contributed by atoms with Crippen LogP contribution in [0.2, 0.25) is 0 Å². The van der Waals surface area contributed by atoms with Crippen LogP contribution in [0.4, 0.5) is 0 Å². The molecule has 0 saturated carbocycles. The third kappa shape index (κ3) is 4.62. The Morgan fingerprint density at radius 2 is 2.07 bits per heavy atom. The van der Waals surface area contributed by atoms with Gasteiger partial charge < -0.3 is 14.7 Å². The molecular formula is C11H21NO3. The lowest BCUT2D eigenvalue weighted by atomic mass is 10.1. The highest BCUT2D eigenvalue weighted by Crippen LogP contribution is 2.10. The lowest BCUT2D eigenvalue weighted by molar-refractivity contribution is -0.150. The van der Waals surface area contributed by atoms with Crippen LogP contribution in [0, 0.1) is 0 Å². The van der Waals surface area contributed by atoms with Gasteiger partial charge in [0.2, 0.25) is 0 Å². The van der Waals surface area contributed by atoms with Crippen LogP contribution in [0.3, 0.4) is 0 Å². The number of carbonyl (C=O) groups is 1. The molecule has 0 radical (unpaired) electrons. The predicted octanol–water partition coefficient (Wildman–Crippen LogP) is 1.35. The Balaban J connectivity index is 2.22. The van der Waals surface area contributed by atoms with Crippen molar-refractivity contribution in [3.05, 3.63) is 0 Å². The largest absolute Gasteiger partial charge is 0.479 e. The number of likely N-dealkylation sites (tertiary alicyclic amines) is 1. The van der Waals surface area contributed by atoms with Gasteiger partial charge in [-0.1, -0.05) is 6.42 Å². The Labute approximate surface area is 91.2 Å². The van der Waals surface area contributed by atoms with Gasteiger partial charge in [-0.2, -0.15) is 0 Å². The third-order valence-corrected chi connectivity index (χ3v) is 2.80. The van der Waals surface area contributed by atoms with Crippen LogP contribution in [0.5, 0.6) is 0 Å². The summed E-state index contributed by atoms with van der Waals surface area (Å²) in [5.41, 5.74) is 0. The lowest BCUT2D eigenvalue weighted by Crippen LogP contribution is -2.35. The molecule has 1 saturated heterocycles. The summed E-state index contributed by atoms with van der Waals surface area (Å²) in [4.78, 5) is 13.2. The zero-order valence-corrected chi connectivity index (χ0v) is 9.45. The number of ether oxygens (including phenoxy) is 1. The standard InChI is InChI=1S/C11H21NO3/c1-2-15-10(11(13)14)6-9-12-7-4-3-5-8-12/h10H,2-9H2,1H3,(H,13,14). The summed E-state index contributed by atoms with van der Waals surface area (Å²) in [6.45, 7) is 5.36. The topological polar surface area (TPSA) is 49.8 Å². The van der Waals surface area contributed by atoms with E-state index >= 15 is 0 Å². The Morgan fingerprint density at radius 3 is 2.60 bits per heavy atom. The van der Waals surface area contributed by atoms with E-state index in [9.17, 15) is 4.79 Å². The number of nitrogens with zero attached hydrogens (tertiary/aromatic N) is 1. The number of hydrogen-bond acceptors (Lipinski definition) is 3. The van der Waals surface area contributed by atoms with E-state index in [1.54, 1.807) is 0 Å². The Hall–Kier alpha value is -0.610. The maximum absolute atomic E-state index is 10.8. The van der Waals surface area contributed by atoms with Crippen LogP contribution >= 0.6 is 0 Å². The Bertz CT molecular complexity index is 190. The quantitative estimate of drug-likeness (QED) is 0.726. The summed E-state index contributed by atoms with van der Waals surface area (Å²) < 4.78 is 5.17. The molecule has 1 N–H and O–H groups in total. The number of hydrogen-bond donors (Lipinski definition) is 1. The zero-order valence-electron chi connectivity index (χ0n) is 9.45. The van der Waals surface area contributed by atoms with Crippen LogP contribution in [0.15, 0.2) is 0 Å². The van der Waals surface area contributed by atoms with Crippen LogP contribution in [-0.2, 0) is 9.53 Å². The fourth-order valence-corrected chi connectivity index (χ4v) is 1.96. The first kappa shape index (κ1) is 12.5. The van der Waals surface area contributed by atoms with E-state index in [2.05, 4.69) is 4.90 Å². The summed E-state index contributed by atoms with van der Waals surface area (Å²) in [7, 11) is 0. The van der Waals surface area contributed by atoms with Crippen LogP contribution in [0.1, 0.15) is 32.6 Å². The minimum atomic E-state index is -0.839. The molecule has 4 nitrogen and oxygen atoms in total. The van der Waals surface area contributed by atoms with Crippen molar-refractivity contribution in [2.75, 3.05) is 26.2 Å². The highest BCUT2D eigenvalue weighted by Gasteiger charge is 2.19. The van der Waals surface area contributed by atoms with Crippen molar-refractivity contribution in [2.45, 2.75) is 38.7 Å². The molecule has 0 aliphatic carbocycles. The van der Waals surface area contributed by atoms with Gasteiger partial charge in [-0.05, 0) is 39.3 Å². The van der Waals surface area contributed by atoms with Crippen LogP contribution < -0.4 is 0 Å². The average Bonchev–Trinajstić information content (AvgIpc) is 2.25. The fourth-order valence-electron chi connectivity index (χ4n) is 1.96. The Kier molecular flexibility index (Phi) is 5.65. The summed E-state index contributed by atoms with van der Waals surface area (Å²) in [6.07, 6.45) is 3.77. The van der Waals surface area contributed by atoms with Gasteiger partial charge in [-0.25, -0.2) is 4.79 Å². The summed E-state index contributed by atoms with van der Waals surface area (Å²) >= 11 is 0. The molecule has 0 bridgehead atoms. The maximum atomic E-state index is 10.8. The first-order valence-electron chi connectivity index (χ1n) is 5.80. The summed E-state index contributed by atoms with van der Waals surface area (Å²) in [5, 5.41) is 8.89. The second-order valence-electron chi connectivity index (χ2n) is 3.97. The molecule has 1 atom stereocenters. The van der Waals surface area contributed by atoms with Crippen molar-refractivity contribution in [2.24, 2.45) is 0 Å². The normalized spacial score (nSPS) is 20.1. The smallest absolute Gasteiger partial charge is 0.332 e. The Morgan fingerprint density at radius 1 is 1.40 bits per heavy atom. The van der Waals surface area contributed by atoms with E-state index in [-0.39, 0.29) is 0 Å². The molecule has 1 unspecified atom stereocenters. The van der Waals surface area contributed by atoms with Gasteiger partial charge in [0.05, 0.1) is 0 Å². The molecule has 1 aliphatic heterocycles. The second-order valence-corrected chi connectivity index (χ2v) is 3.97. The molecule has 0 amide bonds. The van der Waals surface area contributed by atoms with Gasteiger partial charge in [0, 0.05) is 13.2 Å². The summed E-state index contributed by atoms with van der Waals surface area (Å²) in [5.74, 6) is -0.839. The van der Waals surface area contributed by atoms with E-state index < -0.39 is 12.1 Å². The highest BCUT2D eigenvalue weighted by atomic mass is 16.5. The highest BCUT2D eigenvalue weighted by molar-refractivity contribution is 5.72. The maximum Gasteiger partial charge on any atom is 0.332 e. The van der Waals surface area contributed by atoms with Crippen LogP contribution in [0.25, 0.3) is 0 Å². The van der Waals surface area contributed by atoms with E-state index in [0.717, 1.165) is 19.6 Å². The first-order valence-corrected chi connectivity index (χ1v) is 5.80. The van der Waals surface area contributed by atoms with Crippen molar-refractivity contribution in [3.8, 4) is 0 Å². The number of carboxylic acid groups (broad SMARTS) is 1. The molecule has 1 heterocycles. The minimum Gasteiger partial charge on any atom is -0.479 e. The van der Waals surface area contributed by atoms with Crippen molar-refractivity contribution < 1.29 is 14.6 Å². The van der Waals surface area contributed by atoms with Gasteiger partial charge in [0.15, 0.2) is 6.10 Å². The van der Waals surface area contributed by atoms with Gasteiger partial charge >= 0.3 is 5.97 Å². The van der Waals surface area contributed by atoms with Crippen molar-refractivity contribution in [1.82, 2.24) is 4.90 Å². The van der Waals surface area contributed by atoms with Gasteiger partial charge in [-0.15, -0.1) is 0 Å². The molecular weight excluding hydrogens is 194 g/mol. The first-order chi connectivity index (χ1) is 7.24. The van der Waals surface area contributed by atoms with Crippen molar-refractivity contribution >= 4 is 5.97 Å². The van der Waals surface area contributed by atoms with E-state index in [4.69, 9.17) is 9.84 Å². The molecule has 0 aromatic rings. The molecule has 1 rings (SSSR count). The number of piperidine rings is 1. The van der Waals surface area contributed by atoms with Crippen molar-refractivity contribution in [1.29, 1.82) is 0 Å². The van der Waals surface area contributed by atoms with Crippen LogP contribution in [-0.4, -0.2) is 48.3 Å². The molecule has 0 aromatic carbocycles. The van der Waals surface area contributed by atoms with Crippen molar-refractivity contribution in [3.63, 3.8) is 0 Å². The SMILES string of the molecule is CCOC(CCN1CCCCC1)C(=O)O. The van der Waals surface area contributed by atoms with Gasteiger partial charge in [0.25, 0.3) is 0 Å². The van der Waals surface area contributed by atoms with Gasteiger partial charge in [-0.3, -0.25) is 0 Å². The average molecular weight is 215 g/mol. The number of carboxylic acids is 1. The molecule has 15 heavy (non-hydrogen) atoms. The third-order valence-electron chi connectivity index (χ3n) is 2.80. The minimum absolute atomic E-state index is 0.469. The molecule has 1 aliphatic rings. The van der Waals surface area contributed by atoms with E-state index in [1.165, 1.54) is 19.3 Å². The zero-order chi connectivity index (χ0) is 11.1. The lowest BCUT2D eigenvalue weighted by Gasteiger charge is -2.27. The number of rotatable bonds is 6. The summed E-state index contributed by atoms with van der Waals surface area (Å²) in [6, 6.07) is 0. The monoisotopic (exact) mass is 215 g/mol.